The summed E-state index contributed by atoms with van der Waals surface area (Å²) in [6.07, 6.45) is 0.333. The molecule has 0 bridgehead atoms. The third-order valence-corrected chi connectivity index (χ3v) is 3.78. The second kappa shape index (κ2) is 5.82. The predicted molar refractivity (Wildman–Crippen MR) is 70.8 cm³/mol. The van der Waals surface area contributed by atoms with Crippen LogP contribution in [0.5, 0.6) is 0 Å². The third kappa shape index (κ3) is 2.55. The van der Waals surface area contributed by atoms with Crippen LogP contribution in [0.4, 0.5) is 17.6 Å². The Morgan fingerprint density at radius 3 is 2.61 bits per heavy atom. The average molecular weight is 332 g/mol. The predicted octanol–water partition coefficient (Wildman–Crippen LogP) is 1.60. The van der Waals surface area contributed by atoms with E-state index < -0.39 is 52.2 Å². The van der Waals surface area contributed by atoms with E-state index >= 15 is 0 Å². The van der Waals surface area contributed by atoms with E-state index in [-0.39, 0.29) is 12.2 Å². The van der Waals surface area contributed by atoms with Crippen LogP contribution < -0.4 is 5.32 Å². The Morgan fingerprint density at radius 1 is 1.22 bits per heavy atom. The molecule has 1 saturated heterocycles. The SMILES string of the molecule is O=C(N[C@H]1CCOC[C@@H]1O)c1c[nH]c2c(F)c(F)c(F)c(F)c12. The minimum Gasteiger partial charge on any atom is -0.389 e. The zero-order chi connectivity index (χ0) is 16.7. The number of rotatable bonds is 2. The van der Waals surface area contributed by atoms with Gasteiger partial charge in [-0.3, -0.25) is 4.79 Å². The summed E-state index contributed by atoms with van der Waals surface area (Å²) in [5.41, 5.74) is -1.02. The van der Waals surface area contributed by atoms with Gasteiger partial charge in [-0.1, -0.05) is 0 Å². The molecule has 1 aliphatic rings. The van der Waals surface area contributed by atoms with Crippen molar-refractivity contribution >= 4 is 16.8 Å². The summed E-state index contributed by atoms with van der Waals surface area (Å²) in [5, 5.41) is 11.5. The Hall–Kier alpha value is -2.13. The molecule has 9 heteroatoms. The number of nitrogens with one attached hydrogen (secondary N) is 2. The maximum Gasteiger partial charge on any atom is 0.253 e. The molecule has 1 fully saturated rings. The first kappa shape index (κ1) is 15.8. The van der Waals surface area contributed by atoms with Crippen LogP contribution in [0.25, 0.3) is 10.9 Å². The quantitative estimate of drug-likeness (QED) is 0.444. The highest BCUT2D eigenvalue weighted by Crippen LogP contribution is 2.29. The molecule has 3 rings (SSSR count). The standard InChI is InChI=1S/C14H12F4N2O3/c15-9-8-5(3-19-13(8)12(18)11(17)10(9)16)14(22)20-6-1-2-23-4-7(6)21/h3,6-7,19,21H,1-2,4H2,(H,20,22)/t6-,7-/m0/s1. The highest BCUT2D eigenvalue weighted by atomic mass is 19.2. The van der Waals surface area contributed by atoms with Crippen molar-refractivity contribution in [1.29, 1.82) is 0 Å². The van der Waals surface area contributed by atoms with Crippen LogP contribution in [-0.4, -0.2) is 41.4 Å². The fourth-order valence-corrected chi connectivity index (χ4v) is 2.55. The molecule has 2 heterocycles. The second-order valence-electron chi connectivity index (χ2n) is 5.22. The van der Waals surface area contributed by atoms with Crippen LogP contribution in [0.2, 0.25) is 0 Å². The number of fused-ring (bicyclic) bond motifs is 1. The molecule has 5 nitrogen and oxygen atoms in total. The van der Waals surface area contributed by atoms with E-state index in [9.17, 15) is 27.5 Å². The summed E-state index contributed by atoms with van der Waals surface area (Å²) in [7, 11) is 0. The molecule has 0 saturated carbocycles. The summed E-state index contributed by atoms with van der Waals surface area (Å²) in [5.74, 6) is -8.05. The summed E-state index contributed by atoms with van der Waals surface area (Å²) in [6.45, 7) is 0.348. The summed E-state index contributed by atoms with van der Waals surface area (Å²) in [4.78, 5) is 14.4. The molecule has 3 N–H and O–H groups in total. The number of aliphatic hydroxyl groups is 1. The number of aromatic amines is 1. The van der Waals surface area contributed by atoms with Crippen LogP contribution in [0.3, 0.4) is 0 Å². The molecule has 0 aliphatic carbocycles. The van der Waals surface area contributed by atoms with E-state index in [1.807, 2.05) is 0 Å². The first-order chi connectivity index (χ1) is 10.9. The number of benzene rings is 1. The van der Waals surface area contributed by atoms with Gasteiger partial charge in [0.05, 0.1) is 35.2 Å². The van der Waals surface area contributed by atoms with Crippen LogP contribution in [0.1, 0.15) is 16.8 Å². The number of aromatic nitrogens is 1. The Labute approximate surface area is 127 Å². The Kier molecular flexibility index (Phi) is 3.99. The number of ether oxygens (including phenoxy) is 1. The lowest BCUT2D eigenvalue weighted by Crippen LogP contribution is -2.48. The molecule has 0 radical (unpaired) electrons. The Morgan fingerprint density at radius 2 is 1.91 bits per heavy atom. The average Bonchev–Trinajstić information content (AvgIpc) is 2.98. The molecular weight excluding hydrogens is 320 g/mol. The van der Waals surface area contributed by atoms with Gasteiger partial charge in [-0.15, -0.1) is 0 Å². The number of hydrogen-bond acceptors (Lipinski definition) is 3. The molecule has 2 aromatic rings. The van der Waals surface area contributed by atoms with Crippen molar-refractivity contribution in [2.45, 2.75) is 18.6 Å². The number of H-pyrrole nitrogens is 1. The minimum atomic E-state index is -1.99. The zero-order valence-corrected chi connectivity index (χ0v) is 11.6. The molecule has 124 valence electrons. The summed E-state index contributed by atoms with van der Waals surface area (Å²) >= 11 is 0. The third-order valence-electron chi connectivity index (χ3n) is 3.78. The van der Waals surface area contributed by atoms with Gasteiger partial charge in [0.15, 0.2) is 23.3 Å². The van der Waals surface area contributed by atoms with Crippen molar-refractivity contribution in [1.82, 2.24) is 10.3 Å². The van der Waals surface area contributed by atoms with E-state index in [2.05, 4.69) is 10.3 Å². The highest BCUT2D eigenvalue weighted by molar-refractivity contribution is 6.07. The van der Waals surface area contributed by atoms with E-state index in [0.717, 1.165) is 6.20 Å². The van der Waals surface area contributed by atoms with Crippen molar-refractivity contribution in [2.24, 2.45) is 0 Å². The number of hydrogen-bond donors (Lipinski definition) is 3. The fraction of sp³-hybridized carbons (Fsp3) is 0.357. The van der Waals surface area contributed by atoms with Gasteiger partial charge < -0.3 is 20.1 Å². The summed E-state index contributed by atoms with van der Waals surface area (Å²) < 4.78 is 59.1. The van der Waals surface area contributed by atoms with Gasteiger partial charge in [-0.25, -0.2) is 17.6 Å². The van der Waals surface area contributed by atoms with Crippen LogP contribution in [0.15, 0.2) is 6.20 Å². The molecule has 0 spiro atoms. The van der Waals surface area contributed by atoms with Crippen molar-refractivity contribution in [3.05, 3.63) is 35.0 Å². The molecule has 0 unspecified atom stereocenters. The van der Waals surface area contributed by atoms with Gasteiger partial charge in [-0.05, 0) is 6.42 Å². The largest absolute Gasteiger partial charge is 0.389 e. The lowest BCUT2D eigenvalue weighted by Gasteiger charge is -2.28. The van der Waals surface area contributed by atoms with E-state index in [4.69, 9.17) is 4.74 Å². The molecule has 23 heavy (non-hydrogen) atoms. The van der Waals surface area contributed by atoms with Gasteiger partial charge in [0.1, 0.15) is 0 Å². The van der Waals surface area contributed by atoms with Crippen molar-refractivity contribution in [3.63, 3.8) is 0 Å². The first-order valence-electron chi connectivity index (χ1n) is 6.81. The highest BCUT2D eigenvalue weighted by Gasteiger charge is 2.29. The first-order valence-corrected chi connectivity index (χ1v) is 6.81. The van der Waals surface area contributed by atoms with E-state index in [1.54, 1.807) is 0 Å². The number of carbonyl (C=O) groups excluding carboxylic acids is 1. The van der Waals surface area contributed by atoms with Gasteiger partial charge in [-0.2, -0.15) is 0 Å². The maximum absolute atomic E-state index is 13.9. The Balaban J connectivity index is 1.98. The van der Waals surface area contributed by atoms with E-state index in [1.165, 1.54) is 0 Å². The topological polar surface area (TPSA) is 74.3 Å². The van der Waals surface area contributed by atoms with Gasteiger partial charge >= 0.3 is 0 Å². The lowest BCUT2D eigenvalue weighted by molar-refractivity contribution is -0.0260. The number of halogens is 4. The Bertz CT molecular complexity index is 777. The van der Waals surface area contributed by atoms with Crippen molar-refractivity contribution in [3.8, 4) is 0 Å². The number of carbonyl (C=O) groups is 1. The lowest BCUT2D eigenvalue weighted by atomic mass is 10.1. The molecule has 2 atom stereocenters. The summed E-state index contributed by atoms with van der Waals surface area (Å²) in [6, 6.07) is -0.639. The van der Waals surface area contributed by atoms with Crippen LogP contribution in [-0.2, 0) is 4.74 Å². The fourth-order valence-electron chi connectivity index (χ4n) is 2.55. The maximum atomic E-state index is 13.9. The van der Waals surface area contributed by atoms with Crippen molar-refractivity contribution in [2.75, 3.05) is 13.2 Å². The molecular formula is C14H12F4N2O3. The van der Waals surface area contributed by atoms with Gasteiger partial charge in [0.25, 0.3) is 5.91 Å². The normalized spacial score (nSPS) is 21.6. The molecule has 1 aliphatic heterocycles. The van der Waals surface area contributed by atoms with Crippen LogP contribution in [0, 0.1) is 23.3 Å². The van der Waals surface area contributed by atoms with Crippen molar-refractivity contribution < 1.29 is 32.2 Å². The van der Waals surface area contributed by atoms with Gasteiger partial charge in [0.2, 0.25) is 0 Å². The monoisotopic (exact) mass is 332 g/mol. The second-order valence-corrected chi connectivity index (χ2v) is 5.22. The number of amides is 1. The minimum absolute atomic E-state index is 0.0294. The zero-order valence-electron chi connectivity index (χ0n) is 11.6. The van der Waals surface area contributed by atoms with Gasteiger partial charge in [0, 0.05) is 12.8 Å². The van der Waals surface area contributed by atoms with E-state index in [0.29, 0.717) is 13.0 Å². The smallest absolute Gasteiger partial charge is 0.253 e. The molecule has 1 amide bonds. The molecule has 1 aromatic carbocycles. The molecule has 1 aromatic heterocycles. The van der Waals surface area contributed by atoms with Crippen LogP contribution >= 0.6 is 0 Å². The number of aliphatic hydroxyl groups excluding tert-OH is 1.